The van der Waals surface area contributed by atoms with Gasteiger partial charge in [-0.3, -0.25) is 0 Å². The van der Waals surface area contributed by atoms with Crippen LogP contribution in [-0.4, -0.2) is 13.1 Å². The molecule has 21 heavy (non-hydrogen) atoms. The maximum atomic E-state index is 6.38. The van der Waals surface area contributed by atoms with Crippen LogP contribution in [0.15, 0.2) is 24.3 Å². The number of halogens is 1. The number of rotatable bonds is 7. The normalized spacial score (nSPS) is 26.0. The monoisotopic (exact) mass is 307 g/mol. The summed E-state index contributed by atoms with van der Waals surface area (Å²) in [6, 6.07) is 8.38. The summed E-state index contributed by atoms with van der Waals surface area (Å²) in [5.41, 5.74) is 1.34. The van der Waals surface area contributed by atoms with E-state index in [9.17, 15) is 0 Å². The van der Waals surface area contributed by atoms with E-state index in [0.29, 0.717) is 0 Å². The zero-order valence-electron chi connectivity index (χ0n) is 13.6. The lowest BCUT2D eigenvalue weighted by Crippen LogP contribution is -2.34. The highest BCUT2D eigenvalue weighted by molar-refractivity contribution is 6.31. The first-order chi connectivity index (χ1) is 10.2. The number of nitrogens with one attached hydrogen (secondary N) is 1. The summed E-state index contributed by atoms with van der Waals surface area (Å²) >= 11 is 6.38. The van der Waals surface area contributed by atoms with Gasteiger partial charge in [0.15, 0.2) is 0 Å². The van der Waals surface area contributed by atoms with E-state index in [4.69, 9.17) is 11.6 Å². The molecule has 1 aromatic carbocycles. The molecule has 0 bridgehead atoms. The summed E-state index contributed by atoms with van der Waals surface area (Å²) in [4.78, 5) is 0. The second-order valence-electron chi connectivity index (χ2n) is 6.59. The summed E-state index contributed by atoms with van der Waals surface area (Å²) in [5, 5.41) is 4.50. The second kappa shape index (κ2) is 8.80. The van der Waals surface area contributed by atoms with Crippen molar-refractivity contribution in [1.29, 1.82) is 0 Å². The van der Waals surface area contributed by atoms with Crippen LogP contribution in [0.4, 0.5) is 0 Å². The van der Waals surface area contributed by atoms with Gasteiger partial charge in [-0.1, -0.05) is 62.9 Å². The molecule has 0 saturated heterocycles. The molecule has 1 nitrogen and oxygen atoms in total. The molecule has 1 saturated carbocycles. The van der Waals surface area contributed by atoms with Gasteiger partial charge in [0.05, 0.1) is 0 Å². The lowest BCUT2D eigenvalue weighted by Gasteiger charge is -2.37. The Morgan fingerprint density at radius 3 is 2.67 bits per heavy atom. The van der Waals surface area contributed by atoms with Gasteiger partial charge in [-0.15, -0.1) is 0 Å². The second-order valence-corrected chi connectivity index (χ2v) is 7.00. The van der Waals surface area contributed by atoms with E-state index in [1.807, 2.05) is 12.1 Å². The number of benzene rings is 1. The van der Waals surface area contributed by atoms with Crippen LogP contribution >= 0.6 is 11.6 Å². The van der Waals surface area contributed by atoms with Gasteiger partial charge in [0.2, 0.25) is 0 Å². The molecule has 1 fully saturated rings. The van der Waals surface area contributed by atoms with Crippen LogP contribution in [0.3, 0.4) is 0 Å². The van der Waals surface area contributed by atoms with Gasteiger partial charge < -0.3 is 5.32 Å². The molecular weight excluding hydrogens is 278 g/mol. The minimum Gasteiger partial charge on any atom is -0.317 e. The molecule has 3 unspecified atom stereocenters. The molecule has 2 heteroatoms. The third-order valence-electron chi connectivity index (χ3n) is 5.04. The highest BCUT2D eigenvalue weighted by Crippen LogP contribution is 2.38. The molecule has 2 rings (SSSR count). The van der Waals surface area contributed by atoms with Gasteiger partial charge in [-0.25, -0.2) is 0 Å². The van der Waals surface area contributed by atoms with Crippen molar-refractivity contribution in [3.8, 4) is 0 Å². The first kappa shape index (κ1) is 16.8. The van der Waals surface area contributed by atoms with Crippen molar-refractivity contribution >= 4 is 11.6 Å². The van der Waals surface area contributed by atoms with Crippen molar-refractivity contribution < 1.29 is 0 Å². The molecular formula is C19H30ClN. The Morgan fingerprint density at radius 2 is 1.95 bits per heavy atom. The van der Waals surface area contributed by atoms with Crippen LogP contribution in [0.25, 0.3) is 0 Å². The molecule has 0 spiro atoms. The molecule has 1 aliphatic rings. The predicted molar refractivity (Wildman–Crippen MR) is 92.9 cm³/mol. The minimum atomic E-state index is 0.786. The zero-order valence-corrected chi connectivity index (χ0v) is 14.3. The Labute approximate surface area is 135 Å². The topological polar surface area (TPSA) is 12.0 Å². The van der Waals surface area contributed by atoms with Crippen LogP contribution in [-0.2, 0) is 6.42 Å². The van der Waals surface area contributed by atoms with Gasteiger partial charge in [0, 0.05) is 5.02 Å². The molecule has 118 valence electrons. The Morgan fingerprint density at radius 1 is 1.14 bits per heavy atom. The summed E-state index contributed by atoms with van der Waals surface area (Å²) in [6.07, 6.45) is 8.05. The van der Waals surface area contributed by atoms with Gasteiger partial charge in [0.25, 0.3) is 0 Å². The molecule has 0 amide bonds. The Hall–Kier alpha value is -0.530. The standard InChI is InChI=1S/C19H30ClN/c1-3-7-15-10-11-17(14-21-4-2)18(12-15)13-16-8-5-6-9-19(16)20/h5-6,8-9,15,17-18,21H,3-4,7,10-14H2,1-2H3. The Bertz CT molecular complexity index is 418. The molecule has 0 aliphatic heterocycles. The molecule has 0 radical (unpaired) electrons. The number of hydrogen-bond donors (Lipinski definition) is 1. The molecule has 3 atom stereocenters. The minimum absolute atomic E-state index is 0.786. The first-order valence-corrected chi connectivity index (χ1v) is 9.06. The predicted octanol–water partition coefficient (Wildman–Crippen LogP) is 5.32. The zero-order chi connectivity index (χ0) is 15.1. The average molecular weight is 308 g/mol. The highest BCUT2D eigenvalue weighted by atomic mass is 35.5. The van der Waals surface area contributed by atoms with Crippen LogP contribution in [0.2, 0.25) is 5.02 Å². The molecule has 0 heterocycles. The van der Waals surface area contributed by atoms with E-state index in [-0.39, 0.29) is 0 Å². The summed E-state index contributed by atoms with van der Waals surface area (Å²) in [7, 11) is 0. The fourth-order valence-electron chi connectivity index (χ4n) is 3.89. The summed E-state index contributed by atoms with van der Waals surface area (Å²) in [6.45, 7) is 6.76. The van der Waals surface area contributed by atoms with Crippen LogP contribution in [0, 0.1) is 17.8 Å². The lowest BCUT2D eigenvalue weighted by molar-refractivity contribution is 0.168. The molecule has 1 aliphatic carbocycles. The summed E-state index contributed by atoms with van der Waals surface area (Å²) < 4.78 is 0. The van der Waals surface area contributed by atoms with Crippen molar-refractivity contribution in [3.63, 3.8) is 0 Å². The SMILES string of the molecule is CCCC1CCC(CNCC)C(Cc2ccccc2Cl)C1. The third-order valence-corrected chi connectivity index (χ3v) is 5.41. The smallest absolute Gasteiger partial charge is 0.0438 e. The van der Waals surface area contributed by atoms with E-state index in [1.165, 1.54) is 44.2 Å². The van der Waals surface area contributed by atoms with Crippen molar-refractivity contribution in [1.82, 2.24) is 5.32 Å². The van der Waals surface area contributed by atoms with Gasteiger partial charge >= 0.3 is 0 Å². The van der Waals surface area contributed by atoms with Crippen molar-refractivity contribution in [2.24, 2.45) is 17.8 Å². The van der Waals surface area contributed by atoms with E-state index in [2.05, 4.69) is 31.3 Å². The molecule has 0 aromatic heterocycles. The maximum Gasteiger partial charge on any atom is 0.0438 e. The maximum absolute atomic E-state index is 6.38. The third kappa shape index (κ3) is 5.00. The van der Waals surface area contributed by atoms with Crippen LogP contribution in [0.5, 0.6) is 0 Å². The highest BCUT2D eigenvalue weighted by Gasteiger charge is 2.30. The first-order valence-electron chi connectivity index (χ1n) is 8.68. The van der Waals surface area contributed by atoms with E-state index in [0.717, 1.165) is 35.7 Å². The number of hydrogen-bond acceptors (Lipinski definition) is 1. The fourth-order valence-corrected chi connectivity index (χ4v) is 4.10. The summed E-state index contributed by atoms with van der Waals surface area (Å²) in [5.74, 6) is 2.53. The van der Waals surface area contributed by atoms with Gasteiger partial charge in [-0.05, 0) is 61.7 Å². The van der Waals surface area contributed by atoms with Gasteiger partial charge in [-0.2, -0.15) is 0 Å². The average Bonchev–Trinajstić information content (AvgIpc) is 2.49. The van der Waals surface area contributed by atoms with Crippen LogP contribution in [0.1, 0.15) is 51.5 Å². The van der Waals surface area contributed by atoms with E-state index < -0.39 is 0 Å². The quantitative estimate of drug-likeness (QED) is 0.718. The Balaban J connectivity index is 2.03. The van der Waals surface area contributed by atoms with Crippen LogP contribution < -0.4 is 5.32 Å². The van der Waals surface area contributed by atoms with Crippen molar-refractivity contribution in [2.75, 3.05) is 13.1 Å². The molecule has 1 N–H and O–H groups in total. The lowest BCUT2D eigenvalue weighted by atomic mass is 9.70. The van der Waals surface area contributed by atoms with E-state index in [1.54, 1.807) is 0 Å². The van der Waals surface area contributed by atoms with E-state index >= 15 is 0 Å². The van der Waals surface area contributed by atoms with Gasteiger partial charge in [0.1, 0.15) is 0 Å². The fraction of sp³-hybridized carbons (Fsp3) is 0.684. The van der Waals surface area contributed by atoms with Crippen molar-refractivity contribution in [2.45, 2.75) is 52.4 Å². The Kier molecular flexibility index (Phi) is 7.06. The van der Waals surface area contributed by atoms with Crippen molar-refractivity contribution in [3.05, 3.63) is 34.9 Å². The molecule has 1 aromatic rings. The largest absolute Gasteiger partial charge is 0.317 e.